The number of rotatable bonds is 4. The van der Waals surface area contributed by atoms with Gasteiger partial charge in [-0.25, -0.2) is 0 Å². The number of hydrogen-bond acceptors (Lipinski definition) is 4. The minimum Gasteiger partial charge on any atom is -0.381 e. The summed E-state index contributed by atoms with van der Waals surface area (Å²) in [7, 11) is 3.79. The standard InChI is InChI=1S/C17H22N2O2/c1-18-16(17(20-2)7-9-21-10-8-17)15-12-19-11-13-5-3-4-6-14(13)15/h3-6,11-12,16,18H,7-10H2,1-2H3. The molecule has 1 atom stereocenters. The Kier molecular flexibility index (Phi) is 4.19. The van der Waals surface area contributed by atoms with Gasteiger partial charge >= 0.3 is 0 Å². The molecule has 0 radical (unpaired) electrons. The van der Waals surface area contributed by atoms with Crippen molar-refractivity contribution in [3.63, 3.8) is 0 Å². The highest BCUT2D eigenvalue weighted by atomic mass is 16.5. The molecule has 21 heavy (non-hydrogen) atoms. The van der Waals surface area contributed by atoms with Gasteiger partial charge < -0.3 is 14.8 Å². The zero-order valence-electron chi connectivity index (χ0n) is 12.6. The van der Waals surface area contributed by atoms with E-state index in [-0.39, 0.29) is 11.6 Å². The number of hydrogen-bond donors (Lipinski definition) is 1. The molecule has 0 amide bonds. The van der Waals surface area contributed by atoms with E-state index >= 15 is 0 Å². The van der Waals surface area contributed by atoms with Crippen LogP contribution in [0.3, 0.4) is 0 Å². The van der Waals surface area contributed by atoms with Gasteiger partial charge in [0.1, 0.15) is 0 Å². The topological polar surface area (TPSA) is 43.4 Å². The van der Waals surface area contributed by atoms with E-state index in [1.807, 2.05) is 25.5 Å². The highest BCUT2D eigenvalue weighted by Gasteiger charge is 2.41. The predicted octanol–water partition coefficient (Wildman–Crippen LogP) is 2.69. The Morgan fingerprint density at radius 2 is 2.00 bits per heavy atom. The first-order valence-electron chi connectivity index (χ1n) is 7.43. The van der Waals surface area contributed by atoms with Gasteiger partial charge in [0.05, 0.1) is 11.6 Å². The molecule has 1 aliphatic rings. The Balaban J connectivity index is 2.09. The average molecular weight is 286 g/mol. The molecule has 1 aliphatic heterocycles. The van der Waals surface area contributed by atoms with Gasteiger partial charge in [-0.1, -0.05) is 24.3 Å². The Bertz CT molecular complexity index is 603. The predicted molar refractivity (Wildman–Crippen MR) is 83.3 cm³/mol. The van der Waals surface area contributed by atoms with Crippen LogP contribution in [0.25, 0.3) is 10.8 Å². The second-order valence-corrected chi connectivity index (χ2v) is 5.55. The zero-order valence-corrected chi connectivity index (χ0v) is 12.6. The van der Waals surface area contributed by atoms with Gasteiger partial charge in [0.25, 0.3) is 0 Å². The molecule has 112 valence electrons. The van der Waals surface area contributed by atoms with E-state index in [4.69, 9.17) is 9.47 Å². The average Bonchev–Trinajstić information content (AvgIpc) is 2.56. The molecule has 0 bridgehead atoms. The summed E-state index contributed by atoms with van der Waals surface area (Å²) in [5, 5.41) is 5.84. The molecular weight excluding hydrogens is 264 g/mol. The smallest absolute Gasteiger partial charge is 0.0916 e. The van der Waals surface area contributed by atoms with Crippen molar-refractivity contribution in [3.05, 3.63) is 42.2 Å². The van der Waals surface area contributed by atoms with Crippen LogP contribution in [-0.2, 0) is 9.47 Å². The molecule has 1 aromatic carbocycles. The number of ether oxygens (including phenoxy) is 2. The third kappa shape index (κ3) is 2.55. The van der Waals surface area contributed by atoms with Crippen LogP contribution in [0.1, 0.15) is 24.4 Å². The van der Waals surface area contributed by atoms with Gasteiger partial charge in [-0.15, -0.1) is 0 Å². The van der Waals surface area contributed by atoms with Gasteiger partial charge in [0.2, 0.25) is 0 Å². The van der Waals surface area contributed by atoms with Gasteiger partial charge in [-0.05, 0) is 18.0 Å². The number of likely N-dealkylation sites (N-methyl/N-ethyl adjacent to an activating group) is 1. The summed E-state index contributed by atoms with van der Waals surface area (Å²) in [6.07, 6.45) is 5.64. The third-order valence-corrected chi connectivity index (χ3v) is 4.57. The normalized spacial score (nSPS) is 19.5. The summed E-state index contributed by atoms with van der Waals surface area (Å²) >= 11 is 0. The molecule has 4 nitrogen and oxygen atoms in total. The van der Waals surface area contributed by atoms with E-state index in [1.165, 1.54) is 10.9 Å². The number of pyridine rings is 1. The molecule has 0 aliphatic carbocycles. The Morgan fingerprint density at radius 3 is 2.71 bits per heavy atom. The molecule has 1 saturated heterocycles. The van der Waals surface area contributed by atoms with Crippen LogP contribution in [0.4, 0.5) is 0 Å². The number of methoxy groups -OCH3 is 1. The van der Waals surface area contributed by atoms with Crippen LogP contribution < -0.4 is 5.32 Å². The first-order valence-corrected chi connectivity index (χ1v) is 7.43. The molecule has 0 saturated carbocycles. The van der Waals surface area contributed by atoms with Gasteiger partial charge in [-0.3, -0.25) is 4.98 Å². The van der Waals surface area contributed by atoms with E-state index in [0.29, 0.717) is 0 Å². The molecule has 1 unspecified atom stereocenters. The van der Waals surface area contributed by atoms with Crippen molar-refractivity contribution >= 4 is 10.8 Å². The summed E-state index contributed by atoms with van der Waals surface area (Å²) in [5.41, 5.74) is 0.957. The van der Waals surface area contributed by atoms with Crippen LogP contribution in [-0.4, -0.2) is 38.0 Å². The van der Waals surface area contributed by atoms with Crippen molar-refractivity contribution in [2.75, 3.05) is 27.4 Å². The Morgan fingerprint density at radius 1 is 1.24 bits per heavy atom. The van der Waals surface area contributed by atoms with E-state index in [1.54, 1.807) is 7.11 Å². The minimum absolute atomic E-state index is 0.102. The monoisotopic (exact) mass is 286 g/mol. The molecule has 0 spiro atoms. The van der Waals surface area contributed by atoms with E-state index < -0.39 is 0 Å². The zero-order chi connectivity index (χ0) is 14.7. The fourth-order valence-electron chi connectivity index (χ4n) is 3.40. The maximum absolute atomic E-state index is 5.96. The van der Waals surface area contributed by atoms with Crippen molar-refractivity contribution < 1.29 is 9.47 Å². The molecular formula is C17H22N2O2. The van der Waals surface area contributed by atoms with Crippen LogP contribution in [0.5, 0.6) is 0 Å². The lowest BCUT2D eigenvalue weighted by atomic mass is 9.81. The summed E-state index contributed by atoms with van der Waals surface area (Å²) in [6, 6.07) is 8.47. The summed E-state index contributed by atoms with van der Waals surface area (Å²) in [6.45, 7) is 1.48. The summed E-state index contributed by atoms with van der Waals surface area (Å²) in [4.78, 5) is 4.42. The van der Waals surface area contributed by atoms with Crippen LogP contribution in [0.2, 0.25) is 0 Å². The number of benzene rings is 1. The van der Waals surface area contributed by atoms with Crippen molar-refractivity contribution in [2.24, 2.45) is 0 Å². The fraction of sp³-hybridized carbons (Fsp3) is 0.471. The molecule has 2 aromatic rings. The lowest BCUT2D eigenvalue weighted by Crippen LogP contribution is -2.48. The first kappa shape index (κ1) is 14.4. The van der Waals surface area contributed by atoms with Crippen molar-refractivity contribution in [2.45, 2.75) is 24.5 Å². The second kappa shape index (κ2) is 6.10. The highest BCUT2D eigenvalue weighted by molar-refractivity contribution is 5.85. The van der Waals surface area contributed by atoms with Crippen LogP contribution in [0.15, 0.2) is 36.7 Å². The minimum atomic E-state index is -0.237. The van der Waals surface area contributed by atoms with Crippen molar-refractivity contribution in [1.29, 1.82) is 0 Å². The lowest BCUT2D eigenvalue weighted by Gasteiger charge is -2.42. The van der Waals surface area contributed by atoms with Gasteiger partial charge in [0.15, 0.2) is 0 Å². The largest absolute Gasteiger partial charge is 0.381 e. The van der Waals surface area contributed by atoms with Crippen molar-refractivity contribution in [1.82, 2.24) is 10.3 Å². The molecule has 4 heteroatoms. The summed E-state index contributed by atoms with van der Waals surface area (Å²) < 4.78 is 11.5. The number of nitrogens with zero attached hydrogens (tertiary/aromatic N) is 1. The maximum Gasteiger partial charge on any atom is 0.0916 e. The van der Waals surface area contributed by atoms with Gasteiger partial charge in [-0.2, -0.15) is 0 Å². The number of nitrogens with one attached hydrogen (secondary N) is 1. The van der Waals surface area contributed by atoms with Gasteiger partial charge in [0, 0.05) is 50.9 Å². The molecule has 1 fully saturated rings. The molecule has 1 aromatic heterocycles. The van der Waals surface area contributed by atoms with Crippen LogP contribution in [0, 0.1) is 0 Å². The van der Waals surface area contributed by atoms with Crippen LogP contribution >= 0.6 is 0 Å². The first-order chi connectivity index (χ1) is 10.3. The fourth-order valence-corrected chi connectivity index (χ4v) is 3.40. The van der Waals surface area contributed by atoms with E-state index in [2.05, 4.69) is 28.5 Å². The maximum atomic E-state index is 5.96. The van der Waals surface area contributed by atoms with E-state index in [9.17, 15) is 0 Å². The third-order valence-electron chi connectivity index (χ3n) is 4.57. The second-order valence-electron chi connectivity index (χ2n) is 5.55. The number of aromatic nitrogens is 1. The Labute approximate surface area is 125 Å². The van der Waals surface area contributed by atoms with Crippen molar-refractivity contribution in [3.8, 4) is 0 Å². The Hall–Kier alpha value is -1.49. The number of fused-ring (bicyclic) bond motifs is 1. The highest BCUT2D eigenvalue weighted by Crippen LogP contribution is 2.39. The quantitative estimate of drug-likeness (QED) is 0.938. The van der Waals surface area contributed by atoms with E-state index in [0.717, 1.165) is 31.4 Å². The summed E-state index contributed by atoms with van der Waals surface area (Å²) in [5.74, 6) is 0. The lowest BCUT2D eigenvalue weighted by molar-refractivity contribution is -0.110. The SMILES string of the molecule is CNC(c1cncc2ccccc12)C1(OC)CCOCC1. The molecule has 3 rings (SSSR count). The molecule has 2 heterocycles. The molecule has 1 N–H and O–H groups in total.